The SMILES string of the molecule is C1=C(c2ccccc2-c2ccccc2C2=Cc3ccc4ccccc4c3C2)Cc2c1ccc1ccccc21.C1=CC2CC(c3ccccc3-c3ccccc3C3CC4C=Cc5ccccc5C4C3)CC2c2ccccc21.C1=CC2CC(c3ccccc3-c3ccccc3C3CC4C=Cc5ccccc5C4C3)CC2c2ccccc21.[CH3-].[CH3-].[CH3-].[CH3-].[Cl][Zr+2][Cl].[Cl][Zr+2][Cl]. The molecule has 0 aromatic heterocycles. The molecule has 4 fully saturated rings. The van der Waals surface area contributed by atoms with E-state index in [0.29, 0.717) is 71.0 Å². The van der Waals surface area contributed by atoms with Crippen molar-refractivity contribution in [3.8, 4) is 33.4 Å². The summed E-state index contributed by atoms with van der Waals surface area (Å²) in [6.45, 7) is 0. The molecule has 10 aliphatic rings. The van der Waals surface area contributed by atoms with Crippen LogP contribution in [-0.4, -0.2) is 0 Å². The molecule has 0 amide bonds. The number of benzene rings is 14. The minimum absolute atomic E-state index is 0. The fourth-order valence-corrected chi connectivity index (χ4v) is 23.5. The normalized spacial score (nSPS) is 21.8. The van der Waals surface area contributed by atoms with Crippen LogP contribution < -0.4 is 0 Å². The van der Waals surface area contributed by atoms with Gasteiger partial charge in [-0.1, -0.05) is 376 Å². The van der Waals surface area contributed by atoms with E-state index < -0.39 is 41.7 Å². The first-order chi connectivity index (χ1) is 59.3. The number of allylic oxidation sites excluding steroid dienone is 6. The van der Waals surface area contributed by atoms with Gasteiger partial charge in [-0.25, -0.2) is 0 Å². The Morgan fingerprint density at radius 2 is 0.435 bits per heavy atom. The Kier molecular flexibility index (Phi) is 28.4. The Balaban J connectivity index is 0.000000131. The molecule has 0 spiro atoms. The fourth-order valence-electron chi connectivity index (χ4n) is 23.5. The van der Waals surface area contributed by atoms with Crippen LogP contribution in [0.3, 0.4) is 0 Å². The molecule has 12 atom stereocenters. The summed E-state index contributed by atoms with van der Waals surface area (Å²) in [6, 6.07) is 118. The van der Waals surface area contributed by atoms with Gasteiger partial charge in [0, 0.05) is 0 Å². The molecule has 0 N–H and O–H groups in total. The Labute approximate surface area is 775 Å². The molecule has 614 valence electrons. The molecule has 24 rings (SSSR count). The molecule has 0 saturated heterocycles. The van der Waals surface area contributed by atoms with Crippen molar-refractivity contribution in [1.82, 2.24) is 0 Å². The second kappa shape index (κ2) is 39.9. The second-order valence-electron chi connectivity index (χ2n) is 34.7. The van der Waals surface area contributed by atoms with Crippen molar-refractivity contribution < 1.29 is 41.7 Å². The van der Waals surface area contributed by atoms with E-state index in [1.807, 2.05) is 0 Å². The molecule has 0 nitrogen and oxygen atoms in total. The average Bonchev–Trinajstić information content (AvgIpc) is 1.62. The summed E-state index contributed by atoms with van der Waals surface area (Å²) in [6.07, 6.45) is 36.2. The molecular weight excluding hydrogens is 1740 g/mol. The zero-order valence-corrected chi connectivity index (χ0v) is 79.2. The van der Waals surface area contributed by atoms with Gasteiger partial charge in [-0.3, -0.25) is 0 Å². The zero-order valence-electron chi connectivity index (χ0n) is 71.3. The minimum atomic E-state index is -0.826. The van der Waals surface area contributed by atoms with Crippen molar-refractivity contribution in [1.29, 1.82) is 0 Å². The van der Waals surface area contributed by atoms with E-state index in [1.165, 1.54) is 173 Å². The van der Waals surface area contributed by atoms with Crippen LogP contribution in [0.25, 0.3) is 103 Å². The van der Waals surface area contributed by atoms with Gasteiger partial charge in [0.25, 0.3) is 0 Å². The van der Waals surface area contributed by atoms with Crippen LogP contribution in [0, 0.1) is 53.4 Å². The number of halogens is 4. The van der Waals surface area contributed by atoms with Crippen LogP contribution >= 0.6 is 34.1 Å². The van der Waals surface area contributed by atoms with Gasteiger partial charge in [0.05, 0.1) is 0 Å². The van der Waals surface area contributed by atoms with Gasteiger partial charge in [0.2, 0.25) is 0 Å². The van der Waals surface area contributed by atoms with Crippen molar-refractivity contribution in [2.75, 3.05) is 0 Å². The summed E-state index contributed by atoms with van der Waals surface area (Å²) in [5.74, 6) is 7.62. The Morgan fingerprint density at radius 3 is 0.718 bits per heavy atom. The van der Waals surface area contributed by atoms with Gasteiger partial charge in [-0.15, -0.1) is 0 Å². The third-order valence-corrected chi connectivity index (χ3v) is 28.7. The number of fused-ring (bicyclic) bond motifs is 18. The standard InChI is InChI=1S/2C38H34.C38H26.4CH3.4ClH.2Zr/c3*1-3-11-31-25(9-1)17-19-27-21-29(23-37(27)31)33-13-5-7-15-35(33)36-16-8-6-14-34(36)30-22-28-20-18-26-10-2-4-12-32(26)38(28)24-30;;;;;;;;;;/h2*1-20,27-30,37-38H,21-24H2;1-22H,23-24H2;4*1H3;4*1H;;/q;;;4*-1;;;;;2*+4/p-4. The average molecular weight is 1850 g/mol. The maximum atomic E-state index is 4.93. The summed E-state index contributed by atoms with van der Waals surface area (Å²) in [5, 5.41) is 5.38. The molecule has 10 aliphatic carbocycles. The first-order valence-corrected chi connectivity index (χ1v) is 56.0. The topological polar surface area (TPSA) is 0 Å². The van der Waals surface area contributed by atoms with Crippen LogP contribution in [0.15, 0.2) is 340 Å². The molecule has 124 heavy (non-hydrogen) atoms. The molecule has 14 aromatic carbocycles. The fraction of sp³-hybridized carbons (Fsp3) is 0.186. The quantitative estimate of drug-likeness (QED) is 0.126. The molecule has 12 unspecified atom stereocenters. The predicted octanol–water partition coefficient (Wildman–Crippen LogP) is 34.3. The van der Waals surface area contributed by atoms with Crippen LogP contribution in [0.1, 0.15) is 199 Å². The van der Waals surface area contributed by atoms with Crippen molar-refractivity contribution in [2.45, 2.75) is 112 Å². The molecule has 0 heterocycles. The van der Waals surface area contributed by atoms with E-state index in [4.69, 9.17) is 34.1 Å². The second-order valence-corrected chi connectivity index (χ2v) is 42.2. The predicted molar refractivity (Wildman–Crippen MR) is 530 cm³/mol. The molecular formula is C118H106Cl4Zr2. The summed E-state index contributed by atoms with van der Waals surface area (Å²) < 4.78 is 0. The summed E-state index contributed by atoms with van der Waals surface area (Å²) in [4.78, 5) is 0. The summed E-state index contributed by atoms with van der Waals surface area (Å²) in [5.41, 5.74) is 37.7. The van der Waals surface area contributed by atoms with Crippen LogP contribution in [0.4, 0.5) is 0 Å². The molecule has 4 saturated carbocycles. The van der Waals surface area contributed by atoms with E-state index >= 15 is 0 Å². The number of rotatable bonds is 9. The van der Waals surface area contributed by atoms with Crippen molar-refractivity contribution in [3.05, 3.63) is 470 Å². The van der Waals surface area contributed by atoms with Crippen molar-refractivity contribution >= 4 is 103 Å². The molecule has 6 heteroatoms. The van der Waals surface area contributed by atoms with Gasteiger partial charge >= 0.3 is 75.7 Å². The monoisotopic (exact) mass is 1840 g/mol. The maximum absolute atomic E-state index is 4.93. The molecule has 0 bridgehead atoms. The Hall–Kier alpha value is -9.03. The van der Waals surface area contributed by atoms with E-state index in [2.05, 4.69) is 376 Å². The van der Waals surface area contributed by atoms with E-state index in [9.17, 15) is 0 Å². The third kappa shape index (κ3) is 17.4. The van der Waals surface area contributed by atoms with Crippen LogP contribution in [0.2, 0.25) is 0 Å². The Morgan fingerprint density at radius 1 is 0.210 bits per heavy atom. The van der Waals surface area contributed by atoms with Gasteiger partial charge in [-0.05, 0) is 301 Å². The molecule has 0 radical (unpaired) electrons. The van der Waals surface area contributed by atoms with Crippen LogP contribution in [0.5, 0.6) is 0 Å². The zero-order chi connectivity index (χ0) is 80.6. The first kappa shape index (κ1) is 88.4. The van der Waals surface area contributed by atoms with Crippen LogP contribution in [-0.2, 0) is 54.5 Å². The van der Waals surface area contributed by atoms with Gasteiger partial charge in [0.1, 0.15) is 0 Å². The summed E-state index contributed by atoms with van der Waals surface area (Å²) >= 11 is -1.65. The third-order valence-electron chi connectivity index (χ3n) is 28.7. The number of hydrogen-bond donors (Lipinski definition) is 0. The molecule has 0 aliphatic heterocycles. The van der Waals surface area contributed by atoms with E-state index in [1.54, 1.807) is 44.5 Å². The van der Waals surface area contributed by atoms with Gasteiger partial charge in [-0.2, -0.15) is 0 Å². The Bertz CT molecular complexity index is 5770. The van der Waals surface area contributed by atoms with Crippen molar-refractivity contribution in [2.24, 2.45) is 23.7 Å². The van der Waals surface area contributed by atoms with Gasteiger partial charge < -0.3 is 29.7 Å². The van der Waals surface area contributed by atoms with E-state index in [-0.39, 0.29) is 29.7 Å². The van der Waals surface area contributed by atoms with Crippen molar-refractivity contribution in [3.63, 3.8) is 0 Å². The molecule has 14 aromatic rings. The van der Waals surface area contributed by atoms with Gasteiger partial charge in [0.15, 0.2) is 0 Å². The first-order valence-electron chi connectivity index (χ1n) is 43.3. The van der Waals surface area contributed by atoms with E-state index in [0.717, 1.165) is 12.8 Å². The summed E-state index contributed by atoms with van der Waals surface area (Å²) in [7, 11) is 19.7. The number of hydrogen-bond acceptors (Lipinski definition) is 0.